The van der Waals surface area contributed by atoms with Gasteiger partial charge in [-0.25, -0.2) is 4.39 Å². The quantitative estimate of drug-likeness (QED) is 0.832. The second-order valence-corrected chi connectivity index (χ2v) is 4.27. The van der Waals surface area contributed by atoms with Gasteiger partial charge in [-0.3, -0.25) is 19.9 Å². The van der Waals surface area contributed by atoms with Gasteiger partial charge in [-0.15, -0.1) is 0 Å². The van der Waals surface area contributed by atoms with Gasteiger partial charge in [0.2, 0.25) is 0 Å². The van der Waals surface area contributed by atoms with E-state index in [1.54, 1.807) is 18.2 Å². The number of carbonyl (C=O) groups is 2. The number of rotatable bonds is 2. The van der Waals surface area contributed by atoms with Gasteiger partial charge in [-0.2, -0.15) is 0 Å². The third-order valence-corrected chi connectivity index (χ3v) is 3.06. The number of hydrogen-bond donors (Lipinski definition) is 1. The van der Waals surface area contributed by atoms with Crippen LogP contribution >= 0.6 is 0 Å². The van der Waals surface area contributed by atoms with Crippen LogP contribution in [0.4, 0.5) is 4.39 Å². The summed E-state index contributed by atoms with van der Waals surface area (Å²) in [6.45, 7) is 0. The number of hydrogen-bond acceptors (Lipinski definition) is 3. The van der Waals surface area contributed by atoms with Crippen molar-refractivity contribution >= 4 is 11.8 Å². The number of benzene rings is 1. The summed E-state index contributed by atoms with van der Waals surface area (Å²) in [6.07, 6.45) is 3.06. The predicted octanol–water partition coefficient (Wildman–Crippen LogP) is 1.70. The summed E-state index contributed by atoms with van der Waals surface area (Å²) in [6, 6.07) is 6.32. The molecule has 1 aromatic carbocycles. The Morgan fingerprint density at radius 3 is 2.63 bits per heavy atom. The van der Waals surface area contributed by atoms with Crippen LogP contribution in [0, 0.1) is 5.82 Å². The monoisotopic (exact) mass is 256 g/mol. The number of fused-ring (bicyclic) bond motifs is 1. The fourth-order valence-electron chi connectivity index (χ4n) is 2.16. The van der Waals surface area contributed by atoms with E-state index in [2.05, 4.69) is 10.3 Å². The van der Waals surface area contributed by atoms with Gasteiger partial charge in [0, 0.05) is 18.8 Å². The Balaban J connectivity index is 2.06. The molecule has 0 saturated heterocycles. The first-order chi connectivity index (χ1) is 9.16. The molecule has 5 heteroatoms. The molecule has 2 heterocycles. The maximum atomic E-state index is 13.6. The van der Waals surface area contributed by atoms with E-state index in [9.17, 15) is 14.0 Å². The molecule has 0 atom stereocenters. The Hall–Kier alpha value is -2.56. The summed E-state index contributed by atoms with van der Waals surface area (Å²) < 4.78 is 13.6. The standard InChI is InChI=1S/C14H9FN2O2/c15-11-4-2-1-3-8(11)5-9-6-16-7-10-12(9)14(19)17-13(10)18/h1-4,6-7H,5H2,(H,17,18,19). The van der Waals surface area contributed by atoms with Crippen LogP contribution in [0.25, 0.3) is 0 Å². The van der Waals surface area contributed by atoms with Crippen LogP contribution < -0.4 is 5.32 Å². The van der Waals surface area contributed by atoms with Gasteiger partial charge in [0.1, 0.15) is 5.82 Å². The lowest BCUT2D eigenvalue weighted by Crippen LogP contribution is -2.20. The second-order valence-electron chi connectivity index (χ2n) is 4.27. The summed E-state index contributed by atoms with van der Waals surface area (Å²) >= 11 is 0. The van der Waals surface area contributed by atoms with E-state index in [1.165, 1.54) is 18.5 Å². The maximum absolute atomic E-state index is 13.6. The van der Waals surface area contributed by atoms with Crippen LogP contribution in [0.3, 0.4) is 0 Å². The molecule has 0 spiro atoms. The minimum Gasteiger partial charge on any atom is -0.288 e. The van der Waals surface area contributed by atoms with Gasteiger partial charge >= 0.3 is 0 Å². The van der Waals surface area contributed by atoms with Gasteiger partial charge in [0.15, 0.2) is 0 Å². The molecule has 0 fully saturated rings. The molecule has 2 amide bonds. The topological polar surface area (TPSA) is 59.1 Å². The van der Waals surface area contributed by atoms with Gasteiger partial charge in [0.25, 0.3) is 11.8 Å². The minimum atomic E-state index is -0.456. The molecule has 1 N–H and O–H groups in total. The number of amides is 2. The van der Waals surface area contributed by atoms with E-state index in [1.807, 2.05) is 0 Å². The number of pyridine rings is 1. The molecular weight excluding hydrogens is 247 g/mol. The lowest BCUT2D eigenvalue weighted by atomic mass is 9.99. The van der Waals surface area contributed by atoms with Crippen molar-refractivity contribution < 1.29 is 14.0 Å². The van der Waals surface area contributed by atoms with Crippen molar-refractivity contribution in [2.75, 3.05) is 0 Å². The molecular formula is C14H9FN2O2. The van der Waals surface area contributed by atoms with Crippen molar-refractivity contribution in [2.45, 2.75) is 6.42 Å². The summed E-state index contributed by atoms with van der Waals surface area (Å²) in [7, 11) is 0. The summed E-state index contributed by atoms with van der Waals surface area (Å²) in [5, 5.41) is 2.21. The number of carbonyl (C=O) groups excluding carboxylic acids is 2. The third kappa shape index (κ3) is 1.89. The molecule has 3 rings (SSSR count). The van der Waals surface area contributed by atoms with E-state index in [0.29, 0.717) is 16.7 Å². The highest BCUT2D eigenvalue weighted by molar-refractivity contribution is 6.21. The van der Waals surface area contributed by atoms with Crippen LogP contribution in [0.5, 0.6) is 0 Å². The van der Waals surface area contributed by atoms with Crippen molar-refractivity contribution in [2.24, 2.45) is 0 Å². The van der Waals surface area contributed by atoms with Gasteiger partial charge < -0.3 is 0 Å². The highest BCUT2D eigenvalue weighted by atomic mass is 19.1. The molecule has 0 unspecified atom stereocenters. The smallest absolute Gasteiger partial charge is 0.260 e. The van der Waals surface area contributed by atoms with Crippen molar-refractivity contribution in [1.82, 2.24) is 10.3 Å². The molecule has 0 radical (unpaired) electrons. The SMILES string of the molecule is O=C1NC(=O)c2c(Cc3ccccc3F)cncc21. The number of halogens is 1. The molecule has 0 aliphatic carbocycles. The molecule has 1 aliphatic rings. The highest BCUT2D eigenvalue weighted by Crippen LogP contribution is 2.22. The van der Waals surface area contributed by atoms with E-state index in [-0.39, 0.29) is 17.8 Å². The molecule has 0 saturated carbocycles. The van der Waals surface area contributed by atoms with E-state index in [0.717, 1.165) is 0 Å². The molecule has 94 valence electrons. The zero-order valence-corrected chi connectivity index (χ0v) is 9.81. The van der Waals surface area contributed by atoms with Crippen molar-refractivity contribution in [3.63, 3.8) is 0 Å². The van der Waals surface area contributed by atoms with Crippen LogP contribution in [0.2, 0.25) is 0 Å². The number of nitrogens with zero attached hydrogens (tertiary/aromatic N) is 1. The molecule has 0 bridgehead atoms. The van der Waals surface area contributed by atoms with Gasteiger partial charge in [0.05, 0.1) is 11.1 Å². The van der Waals surface area contributed by atoms with Gasteiger partial charge in [-0.1, -0.05) is 18.2 Å². The first-order valence-corrected chi connectivity index (χ1v) is 5.73. The van der Waals surface area contributed by atoms with E-state index < -0.39 is 11.8 Å². The fraction of sp³-hybridized carbons (Fsp3) is 0.0714. The number of imide groups is 1. The van der Waals surface area contributed by atoms with Crippen molar-refractivity contribution in [3.05, 3.63) is 64.7 Å². The minimum absolute atomic E-state index is 0.226. The Morgan fingerprint density at radius 1 is 1.05 bits per heavy atom. The summed E-state index contributed by atoms with van der Waals surface area (Å²) in [4.78, 5) is 27.2. The van der Waals surface area contributed by atoms with Gasteiger partial charge in [-0.05, 0) is 17.2 Å². The summed E-state index contributed by atoms with van der Waals surface area (Å²) in [5.41, 5.74) is 1.55. The first-order valence-electron chi connectivity index (χ1n) is 5.73. The Bertz CT molecular complexity index is 698. The molecule has 2 aromatic rings. The highest BCUT2D eigenvalue weighted by Gasteiger charge is 2.29. The number of aromatic nitrogens is 1. The Labute approximate surface area is 108 Å². The van der Waals surface area contributed by atoms with Crippen molar-refractivity contribution in [3.8, 4) is 0 Å². The molecule has 1 aliphatic heterocycles. The molecule has 19 heavy (non-hydrogen) atoms. The fourth-order valence-corrected chi connectivity index (χ4v) is 2.16. The number of nitrogens with one attached hydrogen (secondary N) is 1. The van der Waals surface area contributed by atoms with E-state index in [4.69, 9.17) is 0 Å². The van der Waals surface area contributed by atoms with Crippen LogP contribution in [-0.4, -0.2) is 16.8 Å². The summed E-state index contributed by atoms with van der Waals surface area (Å²) in [5.74, 6) is -1.25. The molecule has 1 aromatic heterocycles. The zero-order chi connectivity index (χ0) is 13.4. The second kappa shape index (κ2) is 4.28. The van der Waals surface area contributed by atoms with E-state index >= 15 is 0 Å². The maximum Gasteiger partial charge on any atom is 0.260 e. The normalized spacial score (nSPS) is 13.3. The average Bonchev–Trinajstić information content (AvgIpc) is 2.69. The Morgan fingerprint density at radius 2 is 1.84 bits per heavy atom. The average molecular weight is 256 g/mol. The van der Waals surface area contributed by atoms with Crippen LogP contribution in [0.1, 0.15) is 31.8 Å². The largest absolute Gasteiger partial charge is 0.288 e. The zero-order valence-electron chi connectivity index (χ0n) is 9.81. The third-order valence-electron chi connectivity index (χ3n) is 3.06. The predicted molar refractivity (Wildman–Crippen MR) is 65.2 cm³/mol. The van der Waals surface area contributed by atoms with Crippen LogP contribution in [-0.2, 0) is 6.42 Å². The molecule has 4 nitrogen and oxygen atoms in total. The first kappa shape index (κ1) is 11.5. The lowest BCUT2D eigenvalue weighted by molar-refractivity contribution is 0.0879. The Kier molecular flexibility index (Phi) is 2.59. The van der Waals surface area contributed by atoms with Crippen LogP contribution in [0.15, 0.2) is 36.7 Å². The lowest BCUT2D eigenvalue weighted by Gasteiger charge is -2.06. The van der Waals surface area contributed by atoms with Crippen molar-refractivity contribution in [1.29, 1.82) is 0 Å².